The van der Waals surface area contributed by atoms with Crippen LogP contribution >= 0.6 is 25.2 Å². The van der Waals surface area contributed by atoms with Crippen LogP contribution in [-0.2, 0) is 6.16 Å². The molecule has 34 heavy (non-hydrogen) atoms. The molecule has 1 aromatic carbocycles. The molecule has 0 saturated carbocycles. The molecule has 0 aliphatic rings. The van der Waals surface area contributed by atoms with E-state index >= 15 is 0 Å². The van der Waals surface area contributed by atoms with Crippen molar-refractivity contribution in [3.63, 3.8) is 0 Å². The summed E-state index contributed by atoms with van der Waals surface area (Å²) in [5.74, 6) is 0. The van der Waals surface area contributed by atoms with Gasteiger partial charge in [0.1, 0.15) is 0 Å². The van der Waals surface area contributed by atoms with Crippen LogP contribution < -0.4 is 0 Å². The van der Waals surface area contributed by atoms with Gasteiger partial charge in [0.25, 0.3) is 0 Å². The topological polar surface area (TPSA) is 0 Å². The van der Waals surface area contributed by atoms with Crippen LogP contribution in [0.15, 0.2) is 30.3 Å². The second-order valence-electron chi connectivity index (χ2n) is 10.5. The Morgan fingerprint density at radius 1 is 0.529 bits per heavy atom. The minimum absolute atomic E-state index is 0.404. The van der Waals surface area contributed by atoms with Gasteiger partial charge >= 0.3 is 0 Å². The van der Waals surface area contributed by atoms with Crippen molar-refractivity contribution in [3.8, 4) is 0 Å². The molecule has 0 saturated heterocycles. The number of hydrogen-bond donors (Lipinski definition) is 0. The number of halogens is 1. The molecule has 0 aliphatic carbocycles. The van der Waals surface area contributed by atoms with Crippen molar-refractivity contribution in [1.82, 2.24) is 0 Å². The van der Waals surface area contributed by atoms with Crippen molar-refractivity contribution in [2.24, 2.45) is 0 Å². The molecule has 0 aromatic heterocycles. The third kappa shape index (κ3) is 15.5. The summed E-state index contributed by atoms with van der Waals surface area (Å²) in [6.07, 6.45) is 31.0. The molecule has 198 valence electrons. The Bertz CT molecular complexity index is 507. The molecule has 0 amide bonds. The molecule has 1 aromatic rings. The molecule has 3 heteroatoms. The smallest absolute Gasteiger partial charge is 0.0654 e. The van der Waals surface area contributed by atoms with Crippen molar-refractivity contribution in [2.75, 3.05) is 18.5 Å². The van der Waals surface area contributed by atoms with Gasteiger partial charge in [-0.3, -0.25) is 0 Å². The van der Waals surface area contributed by atoms with Crippen molar-refractivity contribution in [1.29, 1.82) is 0 Å². The van der Waals surface area contributed by atoms with Crippen LogP contribution in [0, 0.1) is 0 Å². The number of hydrogen-bond acceptors (Lipinski definition) is 0. The maximum absolute atomic E-state index is 7.54. The van der Waals surface area contributed by atoms with Crippen LogP contribution in [0.25, 0.3) is 0 Å². The first kappa shape index (κ1) is 32.4. The van der Waals surface area contributed by atoms with Gasteiger partial charge in [0.2, 0.25) is 0 Å². The predicted octanol–water partition coefficient (Wildman–Crippen LogP) is 12.8. The lowest BCUT2D eigenvalue weighted by Gasteiger charge is -2.32. The zero-order valence-electron chi connectivity index (χ0n) is 23.2. The van der Waals surface area contributed by atoms with E-state index < -0.39 is 13.9 Å². The van der Waals surface area contributed by atoms with Crippen LogP contribution in [0.3, 0.4) is 0 Å². The third-order valence-corrected chi connectivity index (χ3v) is 20.6. The van der Waals surface area contributed by atoms with Gasteiger partial charge in [-0.2, -0.15) is 0 Å². The monoisotopic (exact) mass is 527 g/mol. The first-order valence-corrected chi connectivity index (χ1v) is 20.5. The predicted molar refractivity (Wildman–Crippen MR) is 165 cm³/mol. The van der Waals surface area contributed by atoms with Gasteiger partial charge in [-0.25, -0.2) is 0 Å². The summed E-state index contributed by atoms with van der Waals surface area (Å²) in [5.41, 5.74) is 1.47. The zero-order valence-corrected chi connectivity index (χ0v) is 25.8. The van der Waals surface area contributed by atoms with Gasteiger partial charge in [0, 0.05) is 13.1 Å². The summed E-state index contributed by atoms with van der Waals surface area (Å²) in [5, 5.41) is 0. The van der Waals surface area contributed by atoms with Crippen LogP contribution in [0.2, 0.25) is 0 Å². The molecule has 0 aliphatic heterocycles. The van der Waals surface area contributed by atoms with E-state index in [1.165, 1.54) is 140 Å². The minimum Gasteiger partial charge on any atom is -0.0654 e. The molecule has 0 radical (unpaired) electrons. The van der Waals surface area contributed by atoms with Gasteiger partial charge in [-0.15, -0.1) is 0 Å². The normalized spacial score (nSPS) is 12.8. The highest BCUT2D eigenvalue weighted by molar-refractivity contribution is 8.47. The van der Waals surface area contributed by atoms with Crippen molar-refractivity contribution >= 4 is 25.2 Å². The highest BCUT2D eigenvalue weighted by Gasteiger charge is 2.44. The van der Waals surface area contributed by atoms with Crippen LogP contribution in [0.4, 0.5) is 0 Å². The number of unbranched alkanes of at least 4 members (excludes halogenated alkanes) is 15. The molecule has 0 fully saturated rings. The second kappa shape index (κ2) is 22.6. The van der Waals surface area contributed by atoms with Crippen molar-refractivity contribution in [3.05, 3.63) is 35.9 Å². The average molecular weight is 528 g/mol. The molecule has 1 rings (SSSR count). The number of benzene rings is 1. The molecule has 0 N–H and O–H groups in total. The minimum atomic E-state index is -1.09. The third-order valence-electron chi connectivity index (χ3n) is 7.40. The van der Waals surface area contributed by atoms with E-state index in [0.29, 0.717) is 0 Å². The molecule has 0 nitrogen and oxygen atoms in total. The Morgan fingerprint density at radius 2 is 0.882 bits per heavy atom. The van der Waals surface area contributed by atoms with Gasteiger partial charge < -0.3 is 0 Å². The summed E-state index contributed by atoms with van der Waals surface area (Å²) in [6.45, 7) is 5.47. The SMILES string of the molecule is CCCCCCCC[P+](CCCCCCCC)(CCCCCCCC)P(Cl)Cc1ccccc1. The van der Waals surface area contributed by atoms with Gasteiger partial charge in [0.15, 0.2) is 6.96 Å². The van der Waals surface area contributed by atoms with E-state index in [4.69, 9.17) is 11.2 Å². The Balaban J connectivity index is 2.80. The fraction of sp³-hybridized carbons (Fsp3) is 0.806. The van der Waals surface area contributed by atoms with E-state index in [-0.39, 0.29) is 0 Å². The molecule has 1 unspecified atom stereocenters. The lowest BCUT2D eigenvalue weighted by Crippen LogP contribution is -2.08. The molecule has 1 atom stereocenters. The Morgan fingerprint density at radius 3 is 1.26 bits per heavy atom. The lowest BCUT2D eigenvalue weighted by atomic mass is 10.1. The quantitative estimate of drug-likeness (QED) is 0.0925. The Labute approximate surface area is 221 Å². The molecule has 0 spiro atoms. The number of rotatable bonds is 24. The maximum Gasteiger partial charge on any atom is 0.154 e. The summed E-state index contributed by atoms with van der Waals surface area (Å²) < 4.78 is 0. The first-order valence-electron chi connectivity index (χ1n) is 15.0. The standard InChI is InChI=1S/C31H58ClP2/c1-4-7-10-13-16-22-27-34(28-23-17-14-11-8-5-2,29-24-18-15-12-9-6-3)33(32)30-31-25-20-19-21-26-31/h19-21,25-26H,4-18,22-24,27-30H2,1-3H3/q+1. The Kier molecular flexibility index (Phi) is 21.5. The molecule has 0 heterocycles. The average Bonchev–Trinajstić information content (AvgIpc) is 2.85. The fourth-order valence-corrected chi connectivity index (χ4v) is 16.7. The summed E-state index contributed by atoms with van der Waals surface area (Å²) >= 11 is 7.54. The van der Waals surface area contributed by atoms with Crippen molar-refractivity contribution in [2.45, 2.75) is 143 Å². The first-order chi connectivity index (χ1) is 16.7. The molecular weight excluding hydrogens is 470 g/mol. The Hall–Kier alpha value is 0.370. The largest absolute Gasteiger partial charge is 0.154 e. The second-order valence-corrected chi connectivity index (χ2v) is 21.0. The van der Waals surface area contributed by atoms with E-state index in [0.717, 1.165) is 6.16 Å². The highest BCUT2D eigenvalue weighted by Crippen LogP contribution is 2.88. The van der Waals surface area contributed by atoms with E-state index in [1.54, 1.807) is 0 Å². The highest BCUT2D eigenvalue weighted by atomic mass is 35.7. The van der Waals surface area contributed by atoms with Crippen LogP contribution in [0.5, 0.6) is 0 Å². The van der Waals surface area contributed by atoms with Gasteiger partial charge in [0.05, 0.1) is 18.5 Å². The van der Waals surface area contributed by atoms with Gasteiger partial charge in [-0.05, 0) is 55.3 Å². The van der Waals surface area contributed by atoms with E-state index in [1.807, 2.05) is 0 Å². The van der Waals surface area contributed by atoms with Crippen molar-refractivity contribution < 1.29 is 0 Å². The van der Waals surface area contributed by atoms with Gasteiger partial charge in [-0.1, -0.05) is 128 Å². The molecular formula is C31H58ClP2+. The van der Waals surface area contributed by atoms with Crippen LogP contribution in [-0.4, -0.2) is 18.5 Å². The zero-order chi connectivity index (χ0) is 24.7. The lowest BCUT2D eigenvalue weighted by molar-refractivity contribution is 0.617. The van der Waals surface area contributed by atoms with E-state index in [9.17, 15) is 0 Å². The maximum atomic E-state index is 7.54. The summed E-state index contributed by atoms with van der Waals surface area (Å²) in [7, 11) is 0. The fourth-order valence-electron chi connectivity index (χ4n) is 5.10. The van der Waals surface area contributed by atoms with Crippen LogP contribution in [0.1, 0.15) is 142 Å². The summed E-state index contributed by atoms with van der Waals surface area (Å²) in [4.78, 5) is 0. The summed E-state index contributed by atoms with van der Waals surface area (Å²) in [6, 6.07) is 11.2. The molecule has 0 bridgehead atoms. The van der Waals surface area contributed by atoms with E-state index in [2.05, 4.69) is 51.1 Å².